The molecule has 0 bridgehead atoms. The van der Waals surface area contributed by atoms with Gasteiger partial charge in [-0.1, -0.05) is 0 Å². The molecule has 0 aliphatic heterocycles. The van der Waals surface area contributed by atoms with Crippen molar-refractivity contribution in [2.24, 2.45) is 0 Å². The third-order valence-electron chi connectivity index (χ3n) is 1.84. The first-order valence-corrected chi connectivity index (χ1v) is 10.0. The fourth-order valence-electron chi connectivity index (χ4n) is 1.31. The first kappa shape index (κ1) is 18.1. The fourth-order valence-corrected chi connectivity index (χ4v) is 2.18. The van der Waals surface area contributed by atoms with Gasteiger partial charge in [-0.3, -0.25) is 0 Å². The molecule has 112 valence electrons. The maximum absolute atomic E-state index is 11.6. The average molecular weight is 290 g/mol. The number of hydrogen-bond acceptors (Lipinski definition) is 5. The van der Waals surface area contributed by atoms with Crippen molar-refractivity contribution in [3.63, 3.8) is 0 Å². The predicted octanol–water partition coefficient (Wildman–Crippen LogP) is 2.68. The Morgan fingerprint density at radius 3 is 1.95 bits per heavy atom. The van der Waals surface area contributed by atoms with Crippen molar-refractivity contribution < 1.29 is 23.4 Å². The minimum Gasteiger partial charge on any atom is -0.544 e. The van der Waals surface area contributed by atoms with Gasteiger partial charge in [0, 0.05) is 13.2 Å². The number of carbonyl (C=O) groups is 1. The normalized spacial score (nSPS) is 12.7. The van der Waals surface area contributed by atoms with E-state index in [0.717, 1.165) is 0 Å². The van der Waals surface area contributed by atoms with Crippen molar-refractivity contribution in [3.8, 4) is 0 Å². The van der Waals surface area contributed by atoms with Gasteiger partial charge in [-0.25, -0.2) is 4.79 Å². The van der Waals surface area contributed by atoms with Gasteiger partial charge in [-0.15, -0.1) is 0 Å². The summed E-state index contributed by atoms with van der Waals surface area (Å²) in [6, 6.07) is 0. The lowest BCUT2D eigenvalue weighted by Crippen LogP contribution is -2.32. The highest BCUT2D eigenvalue weighted by molar-refractivity contribution is 6.70. The van der Waals surface area contributed by atoms with Crippen LogP contribution in [-0.4, -0.2) is 40.4 Å². The van der Waals surface area contributed by atoms with Crippen LogP contribution >= 0.6 is 0 Å². The lowest BCUT2D eigenvalue weighted by molar-refractivity contribution is -0.140. The largest absolute Gasteiger partial charge is 0.544 e. The van der Waals surface area contributed by atoms with E-state index in [4.69, 9.17) is 18.6 Å². The van der Waals surface area contributed by atoms with Crippen molar-refractivity contribution in [2.75, 3.05) is 19.8 Å². The SMILES string of the molecule is CCOC(=O)/C=C(\O[Si](C)(C)C)C(OCC)OCC. The summed E-state index contributed by atoms with van der Waals surface area (Å²) in [6.07, 6.45) is 0.656. The van der Waals surface area contributed by atoms with Crippen molar-refractivity contribution in [1.29, 1.82) is 0 Å². The van der Waals surface area contributed by atoms with Crippen LogP contribution in [0, 0.1) is 0 Å². The second-order valence-electron chi connectivity index (χ2n) is 4.76. The standard InChI is InChI=1S/C13H26O5Si/c1-7-15-12(14)10-11(18-19(4,5)6)13(16-8-2)17-9-3/h10,13H,7-9H2,1-6H3/b11-10-. The van der Waals surface area contributed by atoms with Gasteiger partial charge in [-0.05, 0) is 40.4 Å². The van der Waals surface area contributed by atoms with Crippen molar-refractivity contribution >= 4 is 14.3 Å². The third-order valence-corrected chi connectivity index (χ3v) is 2.69. The van der Waals surface area contributed by atoms with Crippen LogP contribution in [0.2, 0.25) is 19.6 Å². The molecule has 0 rings (SSSR count). The summed E-state index contributed by atoms with van der Waals surface area (Å²) in [6.45, 7) is 12.8. The van der Waals surface area contributed by atoms with Crippen LogP contribution in [-0.2, 0) is 23.4 Å². The van der Waals surface area contributed by atoms with Crippen LogP contribution in [0.1, 0.15) is 20.8 Å². The first-order chi connectivity index (χ1) is 8.84. The van der Waals surface area contributed by atoms with Crippen LogP contribution in [0.15, 0.2) is 11.8 Å². The number of hydrogen-bond donors (Lipinski definition) is 0. The van der Waals surface area contributed by atoms with E-state index >= 15 is 0 Å². The van der Waals surface area contributed by atoms with Gasteiger partial charge in [0.15, 0.2) is 0 Å². The molecule has 19 heavy (non-hydrogen) atoms. The Morgan fingerprint density at radius 1 is 1.05 bits per heavy atom. The van der Waals surface area contributed by atoms with E-state index in [1.807, 2.05) is 33.5 Å². The molecule has 0 N–H and O–H groups in total. The molecule has 0 saturated heterocycles. The Bertz CT molecular complexity index is 290. The average Bonchev–Trinajstić information content (AvgIpc) is 2.26. The molecule has 0 atom stereocenters. The molecule has 0 fully saturated rings. The fraction of sp³-hybridized carbons (Fsp3) is 0.769. The Balaban J connectivity index is 5.05. The Hall–Kier alpha value is -0.853. The summed E-state index contributed by atoms with van der Waals surface area (Å²) in [4.78, 5) is 11.6. The zero-order valence-electron chi connectivity index (χ0n) is 12.8. The lowest BCUT2D eigenvalue weighted by atomic mass is 10.4. The van der Waals surface area contributed by atoms with Crippen LogP contribution in [0.25, 0.3) is 0 Å². The van der Waals surface area contributed by atoms with Crippen molar-refractivity contribution in [2.45, 2.75) is 46.7 Å². The van der Waals surface area contributed by atoms with E-state index in [2.05, 4.69) is 0 Å². The number of ether oxygens (including phenoxy) is 3. The molecule has 0 saturated carbocycles. The van der Waals surface area contributed by atoms with E-state index in [9.17, 15) is 4.79 Å². The minimum atomic E-state index is -1.87. The summed E-state index contributed by atoms with van der Waals surface area (Å²) in [5, 5.41) is 0. The van der Waals surface area contributed by atoms with Gasteiger partial charge in [0.2, 0.25) is 14.6 Å². The molecular formula is C13H26O5Si. The van der Waals surface area contributed by atoms with Crippen molar-refractivity contribution in [1.82, 2.24) is 0 Å². The molecule has 0 unspecified atom stereocenters. The molecule has 0 aliphatic carbocycles. The minimum absolute atomic E-state index is 0.323. The number of esters is 1. The monoisotopic (exact) mass is 290 g/mol. The summed E-state index contributed by atoms with van der Waals surface area (Å²) in [5.41, 5.74) is 0. The van der Waals surface area contributed by atoms with Gasteiger partial charge in [0.05, 0.1) is 12.7 Å². The summed E-state index contributed by atoms with van der Waals surface area (Å²) in [7, 11) is -1.87. The van der Waals surface area contributed by atoms with Crippen molar-refractivity contribution in [3.05, 3.63) is 11.8 Å². The Kier molecular flexibility index (Phi) is 8.71. The molecular weight excluding hydrogens is 264 g/mol. The smallest absolute Gasteiger partial charge is 0.334 e. The highest BCUT2D eigenvalue weighted by Gasteiger charge is 2.25. The Labute approximate surface area is 117 Å². The molecule has 0 aromatic heterocycles. The quantitative estimate of drug-likeness (QED) is 0.215. The summed E-state index contributed by atoms with van der Waals surface area (Å²) in [5.74, 6) is -0.0542. The second kappa shape index (κ2) is 9.11. The lowest BCUT2D eigenvalue weighted by Gasteiger charge is -2.27. The van der Waals surface area contributed by atoms with Crippen LogP contribution < -0.4 is 0 Å². The number of carbonyl (C=O) groups excluding carboxylic acids is 1. The second-order valence-corrected chi connectivity index (χ2v) is 9.18. The molecule has 6 heteroatoms. The van der Waals surface area contributed by atoms with E-state index in [-0.39, 0.29) is 0 Å². The first-order valence-electron chi connectivity index (χ1n) is 6.64. The van der Waals surface area contributed by atoms with Gasteiger partial charge in [0.25, 0.3) is 0 Å². The number of rotatable bonds is 9. The van der Waals surface area contributed by atoms with E-state index < -0.39 is 20.6 Å². The van der Waals surface area contributed by atoms with E-state index in [1.54, 1.807) is 6.92 Å². The van der Waals surface area contributed by atoms with Gasteiger partial charge < -0.3 is 18.6 Å². The molecule has 0 amide bonds. The van der Waals surface area contributed by atoms with Gasteiger partial charge in [0.1, 0.15) is 5.76 Å². The highest BCUT2D eigenvalue weighted by atomic mass is 28.4. The molecule has 0 spiro atoms. The van der Waals surface area contributed by atoms with Gasteiger partial charge in [-0.2, -0.15) is 0 Å². The van der Waals surface area contributed by atoms with E-state index in [0.29, 0.717) is 25.6 Å². The molecule has 0 aromatic carbocycles. The molecule has 5 nitrogen and oxygen atoms in total. The molecule has 0 aromatic rings. The summed E-state index contributed by atoms with van der Waals surface area (Å²) < 4.78 is 21.7. The zero-order valence-corrected chi connectivity index (χ0v) is 13.8. The topological polar surface area (TPSA) is 54.0 Å². The van der Waals surface area contributed by atoms with Crippen LogP contribution in [0.4, 0.5) is 0 Å². The highest BCUT2D eigenvalue weighted by Crippen LogP contribution is 2.17. The predicted molar refractivity (Wildman–Crippen MR) is 76.2 cm³/mol. The molecule has 0 aliphatic rings. The summed E-state index contributed by atoms with van der Waals surface area (Å²) >= 11 is 0. The van der Waals surface area contributed by atoms with Gasteiger partial charge >= 0.3 is 5.97 Å². The zero-order chi connectivity index (χ0) is 14.9. The molecule has 0 heterocycles. The Morgan fingerprint density at radius 2 is 1.58 bits per heavy atom. The molecule has 0 radical (unpaired) electrons. The van der Waals surface area contributed by atoms with Crippen LogP contribution in [0.5, 0.6) is 0 Å². The van der Waals surface area contributed by atoms with E-state index in [1.165, 1.54) is 6.08 Å². The third kappa shape index (κ3) is 8.80. The maximum atomic E-state index is 11.6. The van der Waals surface area contributed by atoms with Crippen LogP contribution in [0.3, 0.4) is 0 Å². The maximum Gasteiger partial charge on any atom is 0.334 e.